The summed E-state index contributed by atoms with van der Waals surface area (Å²) in [5.74, 6) is -2.48. The second kappa shape index (κ2) is 42.5. The summed E-state index contributed by atoms with van der Waals surface area (Å²) >= 11 is 0. The molecule has 0 saturated carbocycles. The van der Waals surface area contributed by atoms with E-state index in [1.807, 2.05) is 35.2 Å². The highest BCUT2D eigenvalue weighted by Crippen LogP contribution is 2.33. The summed E-state index contributed by atoms with van der Waals surface area (Å²) in [6.45, 7) is 2.87. The first-order valence-corrected chi connectivity index (χ1v) is 44.4. The molecule has 0 aliphatic carbocycles. The number of hydrogen-bond acceptors (Lipinski definition) is 15. The Morgan fingerprint density at radius 2 is 0.590 bits per heavy atom. The van der Waals surface area contributed by atoms with Gasteiger partial charge >= 0.3 is 5.97 Å². The number of amides is 5. The number of halogens is 10. The summed E-state index contributed by atoms with van der Waals surface area (Å²) in [6, 6.07) is 70.4. The van der Waals surface area contributed by atoms with Gasteiger partial charge in [-0.3, -0.25) is 24.0 Å². The Morgan fingerprint density at radius 3 is 0.935 bits per heavy atom. The van der Waals surface area contributed by atoms with Crippen LogP contribution in [-0.2, 0) is 93.5 Å². The highest BCUT2D eigenvalue weighted by molar-refractivity contribution is 5.98. The van der Waals surface area contributed by atoms with E-state index in [4.69, 9.17) is 4.74 Å². The van der Waals surface area contributed by atoms with Crippen LogP contribution < -0.4 is 4.90 Å². The van der Waals surface area contributed by atoms with E-state index in [0.717, 1.165) is 29.5 Å². The highest BCUT2D eigenvalue weighted by Gasteiger charge is 2.33. The molecule has 1 saturated heterocycles. The Labute approximate surface area is 789 Å². The van der Waals surface area contributed by atoms with Crippen LogP contribution in [0.15, 0.2) is 279 Å². The van der Waals surface area contributed by atoms with Crippen molar-refractivity contribution in [3.8, 4) is 91.1 Å². The quantitative estimate of drug-likeness (QED) is 0.0572. The number of benzene rings is 12. The summed E-state index contributed by atoms with van der Waals surface area (Å²) in [4.78, 5) is 104. The minimum absolute atomic E-state index is 0.0112. The van der Waals surface area contributed by atoms with Gasteiger partial charge in [0.1, 0.15) is 90.9 Å². The number of hydrogen-bond donors (Lipinski definition) is 0. The molecule has 20 rings (SSSR count). The van der Waals surface area contributed by atoms with Crippen LogP contribution in [0.5, 0.6) is 0 Å². The number of aromatic nitrogens is 12. The minimum Gasteiger partial charge on any atom is -0.465 e. The van der Waals surface area contributed by atoms with Crippen molar-refractivity contribution in [3.63, 3.8) is 0 Å². The maximum Gasteiger partial charge on any atom is 0.337 e. The van der Waals surface area contributed by atoms with Gasteiger partial charge in [-0.15, -0.1) is 20.4 Å². The number of carbonyl (C=O) groups is 6. The molecule has 0 atom stereocenters. The molecular formula is C105H85F10N17O7. The van der Waals surface area contributed by atoms with Gasteiger partial charge in [0.25, 0.3) is 0 Å². The highest BCUT2D eigenvalue weighted by atomic mass is 19.2. The summed E-state index contributed by atoms with van der Waals surface area (Å²) in [5, 5.41) is 18.0. The topological polar surface area (TPSA) is 251 Å². The van der Waals surface area contributed by atoms with Crippen LogP contribution in [0.1, 0.15) is 43.7 Å². The number of rotatable bonds is 18. The molecular weight excluding hydrogens is 1800 g/mol. The molecule has 702 valence electrons. The molecule has 1 fully saturated rings. The zero-order chi connectivity index (χ0) is 96.9. The zero-order valence-electron chi connectivity index (χ0n) is 74.5. The lowest BCUT2D eigenvalue weighted by Crippen LogP contribution is -2.53. The van der Waals surface area contributed by atoms with E-state index in [1.54, 1.807) is 105 Å². The number of fused-ring (bicyclic) bond motifs is 3. The fourth-order valence-corrected chi connectivity index (χ4v) is 16.5. The van der Waals surface area contributed by atoms with Crippen molar-refractivity contribution in [2.24, 2.45) is 0 Å². The predicted molar refractivity (Wildman–Crippen MR) is 496 cm³/mol. The SMILES string of the molecule is COC(=O)c1ccc2c(c1)CCN(C(=O)Cn1nc(-c3ccc(F)cc3)nc1-c1ccc(F)cc1)CC2.O=C(Cn1nc(-c2ccc(F)cc2)nc1-c1ccc(F)cc1)N1CCN(c2cccc(F)c2)C(=O)C1.O=C(Cn1nc(-c2ccc(F)cc2)nc1-c1ccc(F)cc1)N1CCc2cccc(F)c2C1.O=C(Cn1nc(-c2ccc(F)cc2)nc1-c1ccc(F)cc1)N1CCc2ccccc2CC1. The number of nitrogens with zero attached hydrogens (tertiary/aromatic N) is 17. The molecule has 12 aromatic carbocycles. The van der Waals surface area contributed by atoms with Gasteiger partial charge in [-0.1, -0.05) is 48.5 Å². The van der Waals surface area contributed by atoms with Crippen molar-refractivity contribution in [1.29, 1.82) is 0 Å². The van der Waals surface area contributed by atoms with Crippen molar-refractivity contribution in [1.82, 2.24) is 78.7 Å². The van der Waals surface area contributed by atoms with Gasteiger partial charge in [-0.25, -0.2) is 87.4 Å². The van der Waals surface area contributed by atoms with E-state index < -0.39 is 29.2 Å². The van der Waals surface area contributed by atoms with Gasteiger partial charge in [0.2, 0.25) is 29.5 Å². The molecule has 0 N–H and O–H groups in total. The Balaban J connectivity index is 0.000000128. The Morgan fingerprint density at radius 1 is 0.288 bits per heavy atom. The maximum absolute atomic E-state index is 14.2. The van der Waals surface area contributed by atoms with Crippen LogP contribution in [0.4, 0.5) is 49.6 Å². The number of carbonyl (C=O) groups excluding carboxylic acids is 6. The smallest absolute Gasteiger partial charge is 0.337 e. The van der Waals surface area contributed by atoms with Gasteiger partial charge in [0, 0.05) is 108 Å². The molecule has 139 heavy (non-hydrogen) atoms. The summed E-state index contributed by atoms with van der Waals surface area (Å²) in [5.41, 5.74) is 11.8. The van der Waals surface area contributed by atoms with E-state index in [-0.39, 0.29) is 123 Å². The molecule has 8 heterocycles. The molecule has 5 amide bonds. The van der Waals surface area contributed by atoms with Crippen LogP contribution in [0, 0.1) is 58.2 Å². The van der Waals surface area contributed by atoms with Crippen LogP contribution in [0.2, 0.25) is 0 Å². The fraction of sp³-hybridized carbons (Fsp3) is 0.181. The van der Waals surface area contributed by atoms with E-state index in [1.165, 1.54) is 188 Å². The number of esters is 1. The van der Waals surface area contributed by atoms with Gasteiger partial charge in [-0.2, -0.15) is 0 Å². The lowest BCUT2D eigenvalue weighted by atomic mass is 9.99. The third-order valence-electron chi connectivity index (χ3n) is 24.0. The Kier molecular flexibility index (Phi) is 28.8. The first-order valence-electron chi connectivity index (χ1n) is 44.4. The largest absolute Gasteiger partial charge is 0.465 e. The monoisotopic (exact) mass is 1890 g/mol. The fourth-order valence-electron chi connectivity index (χ4n) is 16.5. The second-order valence-corrected chi connectivity index (χ2v) is 33.0. The van der Waals surface area contributed by atoms with Gasteiger partial charge in [0.05, 0.1) is 12.7 Å². The summed E-state index contributed by atoms with van der Waals surface area (Å²) in [7, 11) is 1.35. The molecule has 16 aromatic rings. The molecule has 4 aromatic heterocycles. The number of anilines is 1. The predicted octanol–water partition coefficient (Wildman–Crippen LogP) is 17.3. The van der Waals surface area contributed by atoms with Crippen molar-refractivity contribution in [2.45, 2.75) is 64.8 Å². The minimum atomic E-state index is -0.449. The van der Waals surface area contributed by atoms with Crippen molar-refractivity contribution in [3.05, 3.63) is 376 Å². The average Bonchev–Trinajstić information content (AvgIpc) is 1.78. The van der Waals surface area contributed by atoms with Crippen LogP contribution in [0.25, 0.3) is 91.1 Å². The molecule has 0 spiro atoms. The lowest BCUT2D eigenvalue weighted by molar-refractivity contribution is -0.137. The van der Waals surface area contributed by atoms with Gasteiger partial charge < -0.3 is 29.2 Å². The van der Waals surface area contributed by atoms with Crippen molar-refractivity contribution in [2.75, 3.05) is 64.4 Å². The zero-order valence-corrected chi connectivity index (χ0v) is 74.5. The molecule has 4 aliphatic rings. The first kappa shape index (κ1) is 94.1. The average molecular weight is 1890 g/mol. The molecule has 34 heteroatoms. The number of methoxy groups -OCH3 is 1. The Hall–Kier alpha value is -16.7. The van der Waals surface area contributed by atoms with Gasteiger partial charge in [0.15, 0.2) is 46.6 Å². The van der Waals surface area contributed by atoms with Crippen LogP contribution in [-0.4, -0.2) is 174 Å². The van der Waals surface area contributed by atoms with Crippen LogP contribution in [0.3, 0.4) is 0 Å². The Bertz CT molecular complexity index is 7140. The van der Waals surface area contributed by atoms with E-state index in [9.17, 15) is 72.7 Å². The third-order valence-corrected chi connectivity index (χ3v) is 24.0. The standard InChI is InChI=1S/C28H24F2N4O3.C26H20F3N5O2.C26H22F2N4O.C25H19F3N4O/c1-37-28(36)22-3-2-18-12-14-33(15-13-21(18)16-22)25(35)17-34-27(20-6-10-24(30)11-7-20)31-26(32-34)19-4-8-23(29)9-5-19;27-19-8-4-17(5-9-19)25-30-26(18-6-10-20(28)11-7-18)34(31-25)16-23(35)32-12-13-33(24(36)15-32)22-3-1-2-21(29)14-22;27-22-9-5-20(6-10-22)25-29-26(21-7-11-23(28)12-8-21)32(30-25)17-24(33)31-15-13-18-3-1-2-4-19(18)14-16-31;26-19-8-4-17(5-9-19)24-29-25(18-6-10-20(27)11-7-18)32(30-24)15-23(33)31-13-12-16-2-1-3-22(28)21(16)14-31/h2-11,16H,12-15,17H2,1H3;1-11,14H,12-13,15-16H2;1-12H,13-17H2;1-11H,12-15H2. The molecule has 24 nitrogen and oxygen atoms in total. The van der Waals surface area contributed by atoms with Crippen molar-refractivity contribution < 1.29 is 77.4 Å². The van der Waals surface area contributed by atoms with E-state index in [0.29, 0.717) is 154 Å². The first-order chi connectivity index (χ1) is 67.3. The van der Waals surface area contributed by atoms with Crippen molar-refractivity contribution >= 4 is 41.2 Å². The third kappa shape index (κ3) is 22.8. The molecule has 0 bridgehead atoms. The molecule has 0 radical (unpaired) electrons. The number of piperazine rings is 1. The van der Waals surface area contributed by atoms with Crippen LogP contribution >= 0.6 is 0 Å². The number of ether oxygens (including phenoxy) is 1. The van der Waals surface area contributed by atoms with E-state index in [2.05, 4.69) is 52.5 Å². The summed E-state index contributed by atoms with van der Waals surface area (Å²) < 4.78 is 146. The van der Waals surface area contributed by atoms with E-state index >= 15 is 0 Å². The molecule has 0 unspecified atom stereocenters. The maximum atomic E-state index is 14.2. The van der Waals surface area contributed by atoms with Gasteiger partial charge in [-0.05, 0) is 290 Å². The summed E-state index contributed by atoms with van der Waals surface area (Å²) in [6.07, 6.45) is 3.46. The normalized spacial score (nSPS) is 13.4. The molecule has 4 aliphatic heterocycles. The second-order valence-electron chi connectivity index (χ2n) is 33.0. The lowest BCUT2D eigenvalue weighted by Gasteiger charge is -2.34.